The van der Waals surface area contributed by atoms with Gasteiger partial charge < -0.3 is 10.5 Å². The highest BCUT2D eigenvalue weighted by atomic mass is 32.1. The first-order valence-corrected chi connectivity index (χ1v) is 11.2. The maximum absolute atomic E-state index is 5.93. The van der Waals surface area contributed by atoms with Crippen molar-refractivity contribution >= 4 is 38.8 Å². The molecular formula is C20H18N8OS2. The van der Waals surface area contributed by atoms with E-state index < -0.39 is 0 Å². The second-order valence-corrected chi connectivity index (χ2v) is 8.99. The van der Waals surface area contributed by atoms with Gasteiger partial charge in [-0.3, -0.25) is 0 Å². The van der Waals surface area contributed by atoms with Crippen LogP contribution < -0.4 is 10.5 Å². The average molecular weight is 451 g/mol. The Morgan fingerprint density at radius 2 is 1.94 bits per heavy atom. The van der Waals surface area contributed by atoms with Crippen molar-refractivity contribution in [3.05, 3.63) is 63.1 Å². The van der Waals surface area contributed by atoms with Gasteiger partial charge in [-0.05, 0) is 26.0 Å². The summed E-state index contributed by atoms with van der Waals surface area (Å²) in [6, 6.07) is 9.73. The summed E-state index contributed by atoms with van der Waals surface area (Å²) in [5.74, 6) is 2.36. The molecule has 0 spiro atoms. The third kappa shape index (κ3) is 4.23. The molecule has 0 unspecified atom stereocenters. The van der Waals surface area contributed by atoms with Crippen molar-refractivity contribution in [1.29, 1.82) is 0 Å². The molecule has 0 fully saturated rings. The van der Waals surface area contributed by atoms with Crippen molar-refractivity contribution in [3.8, 4) is 11.7 Å². The topological polar surface area (TPSA) is 118 Å². The van der Waals surface area contributed by atoms with Crippen LogP contribution in [0.15, 0.2) is 35.7 Å². The van der Waals surface area contributed by atoms with Gasteiger partial charge in [-0.2, -0.15) is 14.6 Å². The van der Waals surface area contributed by atoms with Crippen molar-refractivity contribution in [2.45, 2.75) is 26.9 Å². The van der Waals surface area contributed by atoms with E-state index in [0.29, 0.717) is 36.4 Å². The molecule has 4 heterocycles. The maximum atomic E-state index is 5.93. The summed E-state index contributed by atoms with van der Waals surface area (Å²) in [6.07, 6.45) is 0.499. The number of nitrogens with two attached hydrogens (primary N) is 1. The summed E-state index contributed by atoms with van der Waals surface area (Å²) in [7, 11) is 0. The van der Waals surface area contributed by atoms with Crippen LogP contribution in [0.5, 0.6) is 5.88 Å². The Hall–Kier alpha value is -3.44. The van der Waals surface area contributed by atoms with Crippen LogP contribution in [-0.2, 0) is 13.0 Å². The van der Waals surface area contributed by atoms with Crippen LogP contribution in [0.1, 0.15) is 27.4 Å². The minimum atomic E-state index is 0.176. The van der Waals surface area contributed by atoms with Gasteiger partial charge in [0.05, 0.1) is 27.3 Å². The molecule has 2 N–H and O–H groups in total. The monoisotopic (exact) mass is 450 g/mol. The Morgan fingerprint density at radius 3 is 2.74 bits per heavy atom. The lowest BCUT2D eigenvalue weighted by Crippen LogP contribution is -2.09. The van der Waals surface area contributed by atoms with Crippen LogP contribution in [0.2, 0.25) is 0 Å². The van der Waals surface area contributed by atoms with E-state index in [9.17, 15) is 0 Å². The number of nitrogens with zero attached hydrogens (tertiary/aromatic N) is 7. The summed E-state index contributed by atoms with van der Waals surface area (Å²) < 4.78 is 8.67. The summed E-state index contributed by atoms with van der Waals surface area (Å²) in [5.41, 5.74) is 7.76. The van der Waals surface area contributed by atoms with E-state index in [0.717, 1.165) is 25.9 Å². The van der Waals surface area contributed by atoms with Crippen molar-refractivity contribution in [2.24, 2.45) is 0 Å². The molecule has 4 aromatic heterocycles. The highest BCUT2D eigenvalue weighted by Crippen LogP contribution is 2.23. The molecule has 156 valence electrons. The van der Waals surface area contributed by atoms with Crippen LogP contribution in [0, 0.1) is 13.8 Å². The number of hydrogen-bond acceptors (Lipinski definition) is 10. The van der Waals surface area contributed by atoms with Gasteiger partial charge in [-0.1, -0.05) is 12.1 Å². The smallest absolute Gasteiger partial charge is 0.240 e. The zero-order valence-corrected chi connectivity index (χ0v) is 18.4. The third-order valence-corrected chi connectivity index (χ3v) is 6.23. The molecule has 0 saturated carbocycles. The van der Waals surface area contributed by atoms with Gasteiger partial charge >= 0.3 is 0 Å². The fourth-order valence-corrected chi connectivity index (χ4v) is 4.63. The predicted octanol–water partition coefficient (Wildman–Crippen LogP) is 3.49. The van der Waals surface area contributed by atoms with E-state index >= 15 is 0 Å². The predicted molar refractivity (Wildman–Crippen MR) is 120 cm³/mol. The lowest BCUT2D eigenvalue weighted by molar-refractivity contribution is 0.292. The van der Waals surface area contributed by atoms with Crippen molar-refractivity contribution in [3.63, 3.8) is 0 Å². The van der Waals surface area contributed by atoms with E-state index in [1.807, 2.05) is 36.6 Å². The van der Waals surface area contributed by atoms with Crippen molar-refractivity contribution in [2.75, 3.05) is 5.73 Å². The number of benzene rings is 1. The van der Waals surface area contributed by atoms with Crippen LogP contribution in [0.25, 0.3) is 16.0 Å². The van der Waals surface area contributed by atoms with Crippen molar-refractivity contribution < 1.29 is 4.74 Å². The molecule has 5 aromatic rings. The minimum Gasteiger partial charge on any atom is -0.470 e. The van der Waals surface area contributed by atoms with Gasteiger partial charge in [0.25, 0.3) is 0 Å². The molecule has 0 bridgehead atoms. The molecule has 5 rings (SSSR count). The van der Waals surface area contributed by atoms with Gasteiger partial charge in [-0.25, -0.2) is 15.0 Å². The zero-order chi connectivity index (χ0) is 21.4. The van der Waals surface area contributed by atoms with E-state index in [4.69, 9.17) is 10.5 Å². The number of aromatic nitrogens is 7. The number of rotatable bonds is 6. The van der Waals surface area contributed by atoms with Crippen LogP contribution in [0.3, 0.4) is 0 Å². The Labute approximate surface area is 185 Å². The average Bonchev–Trinajstić information content (AvgIpc) is 3.44. The first kappa shape index (κ1) is 19.5. The van der Waals surface area contributed by atoms with Crippen LogP contribution in [0.4, 0.5) is 5.95 Å². The molecule has 9 nitrogen and oxygen atoms in total. The highest BCUT2D eigenvalue weighted by Gasteiger charge is 2.15. The summed E-state index contributed by atoms with van der Waals surface area (Å²) in [6.45, 7) is 4.09. The van der Waals surface area contributed by atoms with E-state index in [1.54, 1.807) is 40.3 Å². The fraction of sp³-hybridized carbons (Fsp3) is 0.200. The molecule has 0 aliphatic heterocycles. The van der Waals surface area contributed by atoms with Gasteiger partial charge in [0, 0.05) is 11.4 Å². The SMILES string of the molecule is Cc1nc(OCc2nc3ccccc3s2)cc(-n2nc(N)nc2Cc2csc(C)n2)n1. The van der Waals surface area contributed by atoms with E-state index in [2.05, 4.69) is 30.0 Å². The second kappa shape index (κ2) is 8.00. The number of anilines is 1. The lowest BCUT2D eigenvalue weighted by Gasteiger charge is -2.08. The Balaban J connectivity index is 1.40. The first-order chi connectivity index (χ1) is 15.0. The van der Waals surface area contributed by atoms with E-state index in [-0.39, 0.29) is 5.95 Å². The molecule has 0 saturated heterocycles. The van der Waals surface area contributed by atoms with Crippen LogP contribution >= 0.6 is 22.7 Å². The molecule has 0 radical (unpaired) electrons. The fourth-order valence-electron chi connectivity index (χ4n) is 3.14. The van der Waals surface area contributed by atoms with Gasteiger partial charge in [0.2, 0.25) is 11.8 Å². The summed E-state index contributed by atoms with van der Waals surface area (Å²) in [4.78, 5) is 22.3. The molecule has 1 aromatic carbocycles. The largest absolute Gasteiger partial charge is 0.470 e. The zero-order valence-electron chi connectivity index (χ0n) is 16.8. The van der Waals surface area contributed by atoms with Crippen molar-refractivity contribution in [1.82, 2.24) is 34.7 Å². The molecule has 31 heavy (non-hydrogen) atoms. The standard InChI is InChI=1S/C20H18N8OS2/c1-11-22-17(28-16(26-20(21)27-28)7-13-10-30-12(2)24-13)8-18(23-11)29-9-19-25-14-5-3-4-6-15(14)31-19/h3-6,8,10H,7,9H2,1-2H3,(H2,21,27). The first-order valence-electron chi connectivity index (χ1n) is 9.49. The Bertz CT molecular complexity index is 1340. The Kier molecular flexibility index (Phi) is 5.04. The minimum absolute atomic E-state index is 0.176. The molecule has 0 atom stereocenters. The third-order valence-electron chi connectivity index (χ3n) is 4.40. The number of para-hydroxylation sites is 1. The van der Waals surface area contributed by atoms with Crippen LogP contribution in [-0.4, -0.2) is 34.7 Å². The van der Waals surface area contributed by atoms with Gasteiger partial charge in [0.1, 0.15) is 23.3 Å². The number of aryl methyl sites for hydroxylation is 2. The second-order valence-electron chi connectivity index (χ2n) is 6.81. The number of nitrogen functional groups attached to an aromatic ring is 1. The number of thiazole rings is 2. The number of hydrogen-bond donors (Lipinski definition) is 1. The molecular weight excluding hydrogens is 432 g/mol. The number of ether oxygens (including phenoxy) is 1. The lowest BCUT2D eigenvalue weighted by atomic mass is 10.3. The summed E-state index contributed by atoms with van der Waals surface area (Å²) in [5, 5.41) is 8.19. The molecule has 11 heteroatoms. The highest BCUT2D eigenvalue weighted by molar-refractivity contribution is 7.18. The molecule has 0 amide bonds. The molecule has 0 aliphatic rings. The van der Waals surface area contributed by atoms with Gasteiger partial charge in [0.15, 0.2) is 5.82 Å². The normalized spacial score (nSPS) is 11.3. The Morgan fingerprint density at radius 1 is 1.06 bits per heavy atom. The number of fused-ring (bicyclic) bond motifs is 1. The quantitative estimate of drug-likeness (QED) is 0.418. The van der Waals surface area contributed by atoms with Gasteiger partial charge in [-0.15, -0.1) is 27.8 Å². The molecule has 0 aliphatic carbocycles. The van der Waals surface area contributed by atoms with E-state index in [1.165, 1.54) is 0 Å². The maximum Gasteiger partial charge on any atom is 0.240 e. The summed E-state index contributed by atoms with van der Waals surface area (Å²) >= 11 is 3.19.